The first kappa shape index (κ1) is 14.9. The third-order valence-electron chi connectivity index (χ3n) is 4.04. The van der Waals surface area contributed by atoms with Crippen LogP contribution in [0.15, 0.2) is 42.6 Å². The van der Waals surface area contributed by atoms with Gasteiger partial charge in [0.05, 0.1) is 0 Å². The lowest BCUT2D eigenvalue weighted by atomic mass is 10.1. The van der Waals surface area contributed by atoms with E-state index in [1.807, 2.05) is 24.4 Å². The van der Waals surface area contributed by atoms with Crippen molar-refractivity contribution in [2.75, 3.05) is 13.3 Å². The van der Waals surface area contributed by atoms with Crippen molar-refractivity contribution in [1.82, 2.24) is 10.3 Å². The third kappa shape index (κ3) is 2.78. The molecule has 0 bridgehead atoms. The molecule has 1 amide bonds. The lowest BCUT2D eigenvalue weighted by molar-refractivity contribution is 0.0953. The Labute approximate surface area is 143 Å². The van der Waals surface area contributed by atoms with E-state index in [2.05, 4.69) is 10.3 Å². The highest BCUT2D eigenvalue weighted by Crippen LogP contribution is 2.32. The molecule has 4 rings (SSSR count). The number of rotatable bonds is 4. The molecule has 0 fully saturated rings. The van der Waals surface area contributed by atoms with Gasteiger partial charge in [-0.15, -0.1) is 0 Å². The molecular weight excluding hydrogens is 328 g/mol. The van der Waals surface area contributed by atoms with Crippen molar-refractivity contribution in [1.29, 1.82) is 0 Å². The van der Waals surface area contributed by atoms with Crippen molar-refractivity contribution in [3.8, 4) is 11.5 Å². The number of halogens is 1. The molecular formula is C18H15ClN2O3. The van der Waals surface area contributed by atoms with Crippen molar-refractivity contribution < 1.29 is 14.3 Å². The van der Waals surface area contributed by atoms with Gasteiger partial charge < -0.3 is 19.8 Å². The van der Waals surface area contributed by atoms with Crippen LogP contribution in [-0.4, -0.2) is 24.2 Å². The van der Waals surface area contributed by atoms with Crippen LogP contribution in [0.3, 0.4) is 0 Å². The highest BCUT2D eigenvalue weighted by atomic mass is 35.5. The number of amides is 1. The normalized spacial score (nSPS) is 12.5. The van der Waals surface area contributed by atoms with E-state index in [0.717, 1.165) is 22.9 Å². The second kappa shape index (κ2) is 6.09. The molecule has 1 aliphatic heterocycles. The van der Waals surface area contributed by atoms with E-state index < -0.39 is 0 Å². The third-order valence-corrected chi connectivity index (χ3v) is 4.28. The molecule has 0 saturated carbocycles. The van der Waals surface area contributed by atoms with Crippen LogP contribution in [0.25, 0.3) is 10.9 Å². The number of carbonyl (C=O) groups is 1. The summed E-state index contributed by atoms with van der Waals surface area (Å²) in [6, 6.07) is 10.9. The van der Waals surface area contributed by atoms with Crippen LogP contribution in [0.1, 0.15) is 15.9 Å². The number of hydrogen-bond acceptors (Lipinski definition) is 3. The molecule has 2 heterocycles. The van der Waals surface area contributed by atoms with Gasteiger partial charge in [-0.3, -0.25) is 4.79 Å². The number of H-pyrrole nitrogens is 1. The summed E-state index contributed by atoms with van der Waals surface area (Å²) in [5.41, 5.74) is 2.72. The Morgan fingerprint density at radius 3 is 2.96 bits per heavy atom. The van der Waals surface area contributed by atoms with Crippen LogP contribution < -0.4 is 14.8 Å². The van der Waals surface area contributed by atoms with Crippen LogP contribution in [-0.2, 0) is 6.42 Å². The van der Waals surface area contributed by atoms with Gasteiger partial charge in [0.1, 0.15) is 0 Å². The quantitative estimate of drug-likeness (QED) is 0.762. The summed E-state index contributed by atoms with van der Waals surface area (Å²) in [4.78, 5) is 15.5. The molecule has 3 aromatic rings. The standard InChI is InChI=1S/C18H15ClN2O3/c19-13-2-3-15-14(8-13)12(9-21-15)5-6-20-18(22)11-1-4-16-17(7-11)24-10-23-16/h1-4,7-9,21H,5-6,10H2,(H,20,22). The van der Waals surface area contributed by atoms with E-state index >= 15 is 0 Å². The van der Waals surface area contributed by atoms with Crippen LogP contribution in [0.4, 0.5) is 0 Å². The molecule has 5 nitrogen and oxygen atoms in total. The van der Waals surface area contributed by atoms with Gasteiger partial charge >= 0.3 is 0 Å². The fourth-order valence-electron chi connectivity index (χ4n) is 2.81. The summed E-state index contributed by atoms with van der Waals surface area (Å²) in [6.45, 7) is 0.732. The average Bonchev–Trinajstić information content (AvgIpc) is 3.20. The van der Waals surface area contributed by atoms with Gasteiger partial charge in [-0.25, -0.2) is 0 Å². The highest BCUT2D eigenvalue weighted by molar-refractivity contribution is 6.31. The van der Waals surface area contributed by atoms with Gasteiger partial charge in [0.25, 0.3) is 5.91 Å². The maximum absolute atomic E-state index is 12.3. The first-order valence-corrected chi connectivity index (χ1v) is 8.02. The van der Waals surface area contributed by atoms with E-state index in [0.29, 0.717) is 28.6 Å². The molecule has 1 aromatic heterocycles. The maximum atomic E-state index is 12.3. The molecule has 0 saturated heterocycles. The predicted octanol–water partition coefficient (Wildman–Crippen LogP) is 3.52. The Hall–Kier alpha value is -2.66. The zero-order valence-electron chi connectivity index (χ0n) is 12.8. The van der Waals surface area contributed by atoms with Crippen LogP contribution in [0.5, 0.6) is 11.5 Å². The van der Waals surface area contributed by atoms with Crippen molar-refractivity contribution >= 4 is 28.4 Å². The fourth-order valence-corrected chi connectivity index (χ4v) is 2.98. The number of aromatic amines is 1. The predicted molar refractivity (Wildman–Crippen MR) is 91.9 cm³/mol. The summed E-state index contributed by atoms with van der Waals surface area (Å²) < 4.78 is 10.5. The Kier molecular flexibility index (Phi) is 3.78. The maximum Gasteiger partial charge on any atom is 0.251 e. The molecule has 2 N–H and O–H groups in total. The summed E-state index contributed by atoms with van der Waals surface area (Å²) in [7, 11) is 0. The number of benzene rings is 2. The lowest BCUT2D eigenvalue weighted by Gasteiger charge is -2.06. The van der Waals surface area contributed by atoms with Crippen LogP contribution >= 0.6 is 11.6 Å². The van der Waals surface area contributed by atoms with Gasteiger partial charge in [0.2, 0.25) is 6.79 Å². The topological polar surface area (TPSA) is 63.4 Å². The zero-order valence-corrected chi connectivity index (χ0v) is 13.5. The second-order valence-electron chi connectivity index (χ2n) is 5.58. The van der Waals surface area contributed by atoms with Gasteiger partial charge in [-0.05, 0) is 48.4 Å². The van der Waals surface area contributed by atoms with Crippen molar-refractivity contribution in [3.63, 3.8) is 0 Å². The minimum atomic E-state index is -0.133. The van der Waals surface area contributed by atoms with Crippen LogP contribution in [0.2, 0.25) is 5.02 Å². The molecule has 0 atom stereocenters. The largest absolute Gasteiger partial charge is 0.454 e. The number of ether oxygens (including phenoxy) is 2. The zero-order chi connectivity index (χ0) is 16.5. The molecule has 0 aliphatic carbocycles. The summed E-state index contributed by atoms with van der Waals surface area (Å²) in [5.74, 6) is 1.14. The molecule has 24 heavy (non-hydrogen) atoms. The van der Waals surface area contributed by atoms with E-state index in [-0.39, 0.29) is 12.7 Å². The molecule has 1 aliphatic rings. The summed E-state index contributed by atoms with van der Waals surface area (Å²) in [6.07, 6.45) is 2.67. The summed E-state index contributed by atoms with van der Waals surface area (Å²) >= 11 is 6.05. The second-order valence-corrected chi connectivity index (χ2v) is 6.01. The number of fused-ring (bicyclic) bond motifs is 2. The Bertz CT molecular complexity index is 920. The van der Waals surface area contributed by atoms with Crippen molar-refractivity contribution in [2.45, 2.75) is 6.42 Å². The lowest BCUT2D eigenvalue weighted by Crippen LogP contribution is -2.25. The molecule has 122 valence electrons. The van der Waals surface area contributed by atoms with Gasteiger partial charge in [0.15, 0.2) is 11.5 Å². The fraction of sp³-hybridized carbons (Fsp3) is 0.167. The van der Waals surface area contributed by atoms with Gasteiger partial charge in [-0.2, -0.15) is 0 Å². The number of carbonyl (C=O) groups excluding carboxylic acids is 1. The van der Waals surface area contributed by atoms with Crippen LogP contribution in [0, 0.1) is 0 Å². The van der Waals surface area contributed by atoms with Gasteiger partial charge in [0, 0.05) is 34.2 Å². The number of aromatic nitrogens is 1. The van der Waals surface area contributed by atoms with Gasteiger partial charge in [-0.1, -0.05) is 11.6 Å². The first-order valence-electron chi connectivity index (χ1n) is 7.64. The van der Waals surface area contributed by atoms with E-state index in [4.69, 9.17) is 21.1 Å². The highest BCUT2D eigenvalue weighted by Gasteiger charge is 2.16. The Balaban J connectivity index is 1.41. The molecule has 0 spiro atoms. The van der Waals surface area contributed by atoms with E-state index in [9.17, 15) is 4.79 Å². The number of hydrogen-bond donors (Lipinski definition) is 2. The SMILES string of the molecule is O=C(NCCc1c[nH]c2ccc(Cl)cc12)c1ccc2c(c1)OCO2. The summed E-state index contributed by atoms with van der Waals surface area (Å²) in [5, 5.41) is 4.71. The van der Waals surface area contributed by atoms with Crippen molar-refractivity contribution in [2.24, 2.45) is 0 Å². The average molecular weight is 343 g/mol. The first-order chi connectivity index (χ1) is 11.7. The molecule has 0 unspecified atom stereocenters. The molecule has 0 radical (unpaired) electrons. The van der Waals surface area contributed by atoms with E-state index in [1.165, 1.54) is 0 Å². The number of nitrogens with one attached hydrogen (secondary N) is 2. The van der Waals surface area contributed by atoms with E-state index in [1.54, 1.807) is 18.2 Å². The minimum absolute atomic E-state index is 0.133. The molecule has 6 heteroatoms. The Morgan fingerprint density at radius 1 is 1.17 bits per heavy atom. The molecule has 2 aromatic carbocycles. The van der Waals surface area contributed by atoms with Crippen molar-refractivity contribution in [3.05, 3.63) is 58.7 Å². The Morgan fingerprint density at radius 2 is 2.04 bits per heavy atom. The minimum Gasteiger partial charge on any atom is -0.454 e. The smallest absolute Gasteiger partial charge is 0.251 e. The monoisotopic (exact) mass is 342 g/mol.